The Labute approximate surface area is 88.1 Å². The Kier molecular flexibility index (Phi) is 1.79. The van der Waals surface area contributed by atoms with Crippen molar-refractivity contribution >= 4 is 11.0 Å². The van der Waals surface area contributed by atoms with Crippen LogP contribution < -0.4 is 5.73 Å². The molecule has 3 heterocycles. The summed E-state index contributed by atoms with van der Waals surface area (Å²) in [4.78, 5) is 8.84. The van der Waals surface area contributed by atoms with E-state index in [2.05, 4.69) is 20.6 Å². The Bertz CT molecular complexity index is 515. The second kappa shape index (κ2) is 3.03. The van der Waals surface area contributed by atoms with Gasteiger partial charge in [-0.3, -0.25) is 4.98 Å². The van der Waals surface area contributed by atoms with Crippen LogP contribution in [0.15, 0.2) is 12.3 Å². The van der Waals surface area contributed by atoms with Gasteiger partial charge in [0.25, 0.3) is 0 Å². The Morgan fingerprint density at radius 2 is 2.40 bits per heavy atom. The molecule has 0 aromatic carbocycles. The first-order chi connectivity index (χ1) is 7.24. The summed E-state index contributed by atoms with van der Waals surface area (Å²) in [6.07, 6.45) is 3.87. The van der Waals surface area contributed by atoms with Gasteiger partial charge in [0.1, 0.15) is 11.3 Å². The number of fused-ring (bicyclic) bond motifs is 3. The molecule has 2 aromatic rings. The Balaban J connectivity index is 2.25. The normalized spacial score (nSPS) is 20.5. The fourth-order valence-corrected chi connectivity index (χ4v) is 2.21. The van der Waals surface area contributed by atoms with Gasteiger partial charge in [-0.25, -0.2) is 4.98 Å². The van der Waals surface area contributed by atoms with Crippen LogP contribution in [0.25, 0.3) is 11.0 Å². The molecule has 0 radical (unpaired) electrons. The van der Waals surface area contributed by atoms with E-state index in [0.29, 0.717) is 0 Å². The smallest absolute Gasteiger partial charge is 0.110 e. The average Bonchev–Trinajstić information content (AvgIpc) is 2.56. The third-order valence-electron chi connectivity index (χ3n) is 3.01. The SMILES string of the molecule is Cc1cc2c(cn1)nc1n2C[C@H](N)CC1. The lowest BCUT2D eigenvalue weighted by Crippen LogP contribution is -2.31. The van der Waals surface area contributed by atoms with Gasteiger partial charge in [0.15, 0.2) is 0 Å². The molecule has 2 aromatic heterocycles. The van der Waals surface area contributed by atoms with Crippen LogP contribution in [0.4, 0.5) is 0 Å². The van der Waals surface area contributed by atoms with Crippen LogP contribution in [0.1, 0.15) is 17.9 Å². The first-order valence-corrected chi connectivity index (χ1v) is 5.31. The number of nitrogens with zero attached hydrogens (tertiary/aromatic N) is 3. The van der Waals surface area contributed by atoms with Gasteiger partial charge in [-0.15, -0.1) is 0 Å². The minimum absolute atomic E-state index is 0.267. The maximum Gasteiger partial charge on any atom is 0.110 e. The topological polar surface area (TPSA) is 56.7 Å². The number of aromatic nitrogens is 3. The Hall–Kier alpha value is -1.42. The van der Waals surface area contributed by atoms with Crippen LogP contribution in [0.3, 0.4) is 0 Å². The van der Waals surface area contributed by atoms with Gasteiger partial charge in [0.05, 0.1) is 11.7 Å². The van der Waals surface area contributed by atoms with Crippen LogP contribution in [0.5, 0.6) is 0 Å². The predicted octanol–water partition coefficient (Wildman–Crippen LogP) is 1.01. The highest BCUT2D eigenvalue weighted by Crippen LogP contribution is 2.21. The van der Waals surface area contributed by atoms with Crippen LogP contribution >= 0.6 is 0 Å². The summed E-state index contributed by atoms with van der Waals surface area (Å²) in [5.41, 5.74) is 9.17. The molecule has 0 unspecified atom stereocenters. The molecular formula is C11H14N4. The Morgan fingerprint density at radius 3 is 3.27 bits per heavy atom. The van der Waals surface area contributed by atoms with Crippen molar-refractivity contribution in [3.8, 4) is 0 Å². The van der Waals surface area contributed by atoms with E-state index in [4.69, 9.17) is 5.73 Å². The van der Waals surface area contributed by atoms with E-state index in [1.165, 1.54) is 5.52 Å². The summed E-state index contributed by atoms with van der Waals surface area (Å²) < 4.78 is 2.23. The van der Waals surface area contributed by atoms with Crippen LogP contribution in [0, 0.1) is 6.92 Å². The van der Waals surface area contributed by atoms with E-state index in [1.807, 2.05) is 13.1 Å². The number of imidazole rings is 1. The largest absolute Gasteiger partial charge is 0.326 e. The standard InChI is InChI=1S/C11H14N4/c1-7-4-10-9(5-13-7)14-11-3-2-8(12)6-15(10)11/h4-5,8H,2-3,6,12H2,1H3/t8-/m1/s1. The van der Waals surface area contributed by atoms with Gasteiger partial charge in [0, 0.05) is 24.7 Å². The van der Waals surface area contributed by atoms with Gasteiger partial charge in [0.2, 0.25) is 0 Å². The molecule has 1 aliphatic heterocycles. The molecule has 0 aliphatic carbocycles. The first kappa shape index (κ1) is 8.85. The van der Waals surface area contributed by atoms with E-state index in [1.54, 1.807) is 0 Å². The predicted molar refractivity (Wildman–Crippen MR) is 58.6 cm³/mol. The van der Waals surface area contributed by atoms with Crippen molar-refractivity contribution in [2.45, 2.75) is 32.4 Å². The molecular weight excluding hydrogens is 188 g/mol. The van der Waals surface area contributed by atoms with E-state index in [0.717, 1.165) is 36.4 Å². The molecule has 0 spiro atoms. The van der Waals surface area contributed by atoms with Crippen molar-refractivity contribution in [2.24, 2.45) is 5.73 Å². The van der Waals surface area contributed by atoms with Crippen molar-refractivity contribution in [1.29, 1.82) is 0 Å². The molecule has 0 fully saturated rings. The van der Waals surface area contributed by atoms with Crippen LogP contribution in [-0.2, 0) is 13.0 Å². The van der Waals surface area contributed by atoms with Gasteiger partial charge in [-0.1, -0.05) is 0 Å². The Morgan fingerprint density at radius 1 is 1.53 bits per heavy atom. The van der Waals surface area contributed by atoms with Crippen molar-refractivity contribution in [1.82, 2.24) is 14.5 Å². The minimum Gasteiger partial charge on any atom is -0.326 e. The summed E-state index contributed by atoms with van der Waals surface area (Å²) in [5, 5.41) is 0. The zero-order valence-corrected chi connectivity index (χ0v) is 8.77. The fourth-order valence-electron chi connectivity index (χ4n) is 2.21. The van der Waals surface area contributed by atoms with E-state index in [-0.39, 0.29) is 6.04 Å². The molecule has 2 N–H and O–H groups in total. The summed E-state index contributed by atoms with van der Waals surface area (Å²) in [6, 6.07) is 2.35. The number of hydrogen-bond donors (Lipinski definition) is 1. The van der Waals surface area contributed by atoms with Gasteiger partial charge < -0.3 is 10.3 Å². The van der Waals surface area contributed by atoms with E-state index < -0.39 is 0 Å². The van der Waals surface area contributed by atoms with Gasteiger partial charge in [-0.05, 0) is 19.4 Å². The lowest BCUT2D eigenvalue weighted by atomic mass is 10.1. The highest BCUT2D eigenvalue weighted by molar-refractivity contribution is 5.75. The first-order valence-electron chi connectivity index (χ1n) is 5.31. The number of rotatable bonds is 0. The lowest BCUT2D eigenvalue weighted by molar-refractivity contribution is 0.461. The summed E-state index contributed by atoms with van der Waals surface area (Å²) >= 11 is 0. The monoisotopic (exact) mass is 202 g/mol. The van der Waals surface area contributed by atoms with E-state index in [9.17, 15) is 0 Å². The molecule has 15 heavy (non-hydrogen) atoms. The quantitative estimate of drug-likeness (QED) is 0.693. The molecule has 4 heteroatoms. The zero-order valence-electron chi connectivity index (χ0n) is 8.77. The number of nitrogens with two attached hydrogens (primary N) is 1. The zero-order chi connectivity index (χ0) is 10.4. The molecule has 3 rings (SSSR count). The van der Waals surface area contributed by atoms with E-state index >= 15 is 0 Å². The number of aryl methyl sites for hydroxylation is 2. The number of pyridine rings is 1. The van der Waals surface area contributed by atoms with Crippen LogP contribution in [0.2, 0.25) is 0 Å². The highest BCUT2D eigenvalue weighted by Gasteiger charge is 2.19. The summed E-state index contributed by atoms with van der Waals surface area (Å²) in [6.45, 7) is 2.89. The highest BCUT2D eigenvalue weighted by atomic mass is 15.1. The third-order valence-corrected chi connectivity index (χ3v) is 3.01. The second-order valence-corrected chi connectivity index (χ2v) is 4.25. The van der Waals surface area contributed by atoms with Crippen molar-refractivity contribution < 1.29 is 0 Å². The second-order valence-electron chi connectivity index (χ2n) is 4.25. The molecule has 4 nitrogen and oxygen atoms in total. The molecule has 0 amide bonds. The molecule has 78 valence electrons. The van der Waals surface area contributed by atoms with Crippen LogP contribution in [-0.4, -0.2) is 20.6 Å². The number of hydrogen-bond acceptors (Lipinski definition) is 3. The molecule has 0 saturated carbocycles. The minimum atomic E-state index is 0.267. The van der Waals surface area contributed by atoms with Gasteiger partial charge >= 0.3 is 0 Å². The van der Waals surface area contributed by atoms with Crippen molar-refractivity contribution in [3.05, 3.63) is 23.8 Å². The fraction of sp³-hybridized carbons (Fsp3) is 0.455. The summed E-state index contributed by atoms with van der Waals surface area (Å²) in [5.74, 6) is 1.15. The molecule has 1 aliphatic rings. The maximum absolute atomic E-state index is 5.97. The average molecular weight is 202 g/mol. The summed E-state index contributed by atoms with van der Waals surface area (Å²) in [7, 11) is 0. The van der Waals surface area contributed by atoms with Crippen molar-refractivity contribution in [2.75, 3.05) is 0 Å². The molecule has 1 atom stereocenters. The molecule has 0 saturated heterocycles. The van der Waals surface area contributed by atoms with Gasteiger partial charge in [-0.2, -0.15) is 0 Å². The maximum atomic E-state index is 5.97. The van der Waals surface area contributed by atoms with Crippen molar-refractivity contribution in [3.63, 3.8) is 0 Å². The third kappa shape index (κ3) is 1.33. The lowest BCUT2D eigenvalue weighted by Gasteiger charge is -2.20. The molecule has 0 bridgehead atoms.